The molecule has 0 saturated carbocycles. The van der Waals surface area contributed by atoms with Gasteiger partial charge in [-0.2, -0.15) is 13.2 Å². The third-order valence-electron chi connectivity index (χ3n) is 4.99. The van der Waals surface area contributed by atoms with Crippen molar-refractivity contribution in [1.82, 2.24) is 14.9 Å². The van der Waals surface area contributed by atoms with Crippen LogP contribution in [0.4, 0.5) is 24.5 Å². The molecular weight excluding hydrogens is 397 g/mol. The van der Waals surface area contributed by atoms with E-state index in [1.54, 1.807) is 22.8 Å². The Morgan fingerprint density at radius 2 is 2.03 bits per heavy atom. The quantitative estimate of drug-likeness (QED) is 0.571. The molecule has 4 rings (SSSR count). The Morgan fingerprint density at radius 3 is 2.73 bits per heavy atom. The van der Waals surface area contributed by atoms with Gasteiger partial charge in [0.2, 0.25) is 5.88 Å². The van der Waals surface area contributed by atoms with Gasteiger partial charge in [-0.05, 0) is 45.0 Å². The van der Waals surface area contributed by atoms with Crippen molar-refractivity contribution in [3.05, 3.63) is 41.2 Å². The van der Waals surface area contributed by atoms with E-state index in [1.807, 2.05) is 20.8 Å². The lowest BCUT2D eigenvalue weighted by atomic mass is 10.0. The number of aryl methyl sites for hydroxylation is 1. The Hall–Kier alpha value is -2.94. The Balaban J connectivity index is 1.87. The van der Waals surface area contributed by atoms with Crippen LogP contribution in [0.15, 0.2) is 24.3 Å². The summed E-state index contributed by atoms with van der Waals surface area (Å²) in [6.45, 7) is 6.89. The number of benzene rings is 1. The second-order valence-electron chi connectivity index (χ2n) is 7.64. The van der Waals surface area contributed by atoms with E-state index in [0.29, 0.717) is 42.3 Å². The Kier molecular flexibility index (Phi) is 5.01. The number of fused-ring (bicyclic) bond motifs is 3. The lowest BCUT2D eigenvalue weighted by molar-refractivity contribution is -0.136. The summed E-state index contributed by atoms with van der Waals surface area (Å²) >= 11 is 0. The van der Waals surface area contributed by atoms with Gasteiger partial charge in [0.05, 0.1) is 17.1 Å². The summed E-state index contributed by atoms with van der Waals surface area (Å²) in [5.41, 5.74) is 1.20. The fraction of sp³-hybridized carbons (Fsp3) is 0.381. The number of halogens is 3. The van der Waals surface area contributed by atoms with Crippen molar-refractivity contribution in [3.8, 4) is 11.8 Å². The molecule has 3 N–H and O–H groups in total. The zero-order chi connectivity index (χ0) is 21.6. The molecule has 2 aromatic heterocycles. The first-order valence-electron chi connectivity index (χ1n) is 9.72. The molecule has 1 aromatic carbocycles. The first-order chi connectivity index (χ1) is 14.1. The number of anilines is 2. The fourth-order valence-electron chi connectivity index (χ4n) is 3.74. The number of alkyl halides is 3. The number of nitrogens with one attached hydrogen (secondary N) is 2. The summed E-state index contributed by atoms with van der Waals surface area (Å²) in [6, 6.07) is 6.13. The minimum absolute atomic E-state index is 0.144. The summed E-state index contributed by atoms with van der Waals surface area (Å²) in [6.07, 6.45) is -4.77. The van der Waals surface area contributed by atoms with Crippen LogP contribution in [0.2, 0.25) is 0 Å². The van der Waals surface area contributed by atoms with Gasteiger partial charge in [0.15, 0.2) is 5.88 Å². The van der Waals surface area contributed by atoms with Crippen molar-refractivity contribution >= 4 is 22.1 Å². The number of rotatable bonds is 4. The zero-order valence-electron chi connectivity index (χ0n) is 16.9. The van der Waals surface area contributed by atoms with Crippen LogP contribution in [-0.2, 0) is 19.3 Å². The largest absolute Gasteiger partial charge is 0.494 e. The van der Waals surface area contributed by atoms with E-state index in [0.717, 1.165) is 11.8 Å². The molecule has 0 bridgehead atoms. The third kappa shape index (κ3) is 3.65. The van der Waals surface area contributed by atoms with Crippen LogP contribution in [0.25, 0.3) is 10.8 Å². The van der Waals surface area contributed by atoms with Gasteiger partial charge in [-0.25, -0.2) is 4.98 Å². The van der Waals surface area contributed by atoms with Gasteiger partial charge in [-0.1, -0.05) is 0 Å². The number of pyridine rings is 1. The van der Waals surface area contributed by atoms with Gasteiger partial charge >= 0.3 is 6.18 Å². The maximum absolute atomic E-state index is 13.9. The molecule has 0 amide bonds. The first-order valence-corrected chi connectivity index (χ1v) is 9.72. The van der Waals surface area contributed by atoms with Crippen LogP contribution >= 0.6 is 0 Å². The van der Waals surface area contributed by atoms with E-state index >= 15 is 0 Å². The standard InChI is InChI=1S/C21H23F3N4O2/c1-11(2)30-19-16(5-4-12(3)26-19)27-13-8-14-17-10-25-6-7-28(17)20(29)18(14)15(9-13)21(22,23)24/h4-5,8-9,11,25,27,29H,6-7,10H2,1-3H3. The molecule has 6 nitrogen and oxygen atoms in total. The highest BCUT2D eigenvalue weighted by molar-refractivity contribution is 5.97. The molecule has 3 heterocycles. The van der Waals surface area contributed by atoms with Gasteiger partial charge < -0.3 is 25.0 Å². The van der Waals surface area contributed by atoms with Crippen molar-refractivity contribution in [1.29, 1.82) is 0 Å². The van der Waals surface area contributed by atoms with Crippen LogP contribution in [0.5, 0.6) is 11.8 Å². The first kappa shape index (κ1) is 20.3. The molecule has 0 atom stereocenters. The molecule has 0 radical (unpaired) electrons. The minimum Gasteiger partial charge on any atom is -0.494 e. The van der Waals surface area contributed by atoms with E-state index in [-0.39, 0.29) is 23.1 Å². The highest BCUT2D eigenvalue weighted by atomic mass is 19.4. The predicted molar refractivity (Wildman–Crippen MR) is 108 cm³/mol. The van der Waals surface area contributed by atoms with Gasteiger partial charge in [-0.15, -0.1) is 0 Å². The molecule has 0 aliphatic carbocycles. The third-order valence-corrected chi connectivity index (χ3v) is 4.99. The SMILES string of the molecule is Cc1ccc(Nc2cc(C(F)(F)F)c3c(O)n4c(c3c2)CNCC4)c(OC(C)C)n1. The Bertz CT molecular complexity index is 1110. The zero-order valence-corrected chi connectivity index (χ0v) is 16.9. The average molecular weight is 420 g/mol. The fourth-order valence-corrected chi connectivity index (χ4v) is 3.74. The van der Waals surface area contributed by atoms with E-state index in [4.69, 9.17) is 4.74 Å². The molecule has 0 unspecified atom stereocenters. The second kappa shape index (κ2) is 7.39. The Morgan fingerprint density at radius 1 is 1.27 bits per heavy atom. The summed E-state index contributed by atoms with van der Waals surface area (Å²) in [5, 5.41) is 16.9. The van der Waals surface area contributed by atoms with Crippen molar-refractivity contribution in [2.24, 2.45) is 0 Å². The van der Waals surface area contributed by atoms with Gasteiger partial charge in [0, 0.05) is 42.1 Å². The van der Waals surface area contributed by atoms with Crippen molar-refractivity contribution < 1.29 is 23.0 Å². The molecule has 0 saturated heterocycles. The van der Waals surface area contributed by atoms with Crippen molar-refractivity contribution in [2.75, 3.05) is 11.9 Å². The van der Waals surface area contributed by atoms with Gasteiger partial charge in [-0.3, -0.25) is 0 Å². The lowest BCUT2D eigenvalue weighted by Crippen LogP contribution is -2.27. The van der Waals surface area contributed by atoms with E-state index in [9.17, 15) is 18.3 Å². The molecule has 9 heteroatoms. The molecule has 0 fully saturated rings. The van der Waals surface area contributed by atoms with Crippen molar-refractivity contribution in [2.45, 2.75) is 46.1 Å². The van der Waals surface area contributed by atoms with E-state index in [2.05, 4.69) is 15.6 Å². The van der Waals surface area contributed by atoms with Crippen molar-refractivity contribution in [3.63, 3.8) is 0 Å². The molecule has 3 aromatic rings. The van der Waals surface area contributed by atoms with Gasteiger partial charge in [0.1, 0.15) is 5.69 Å². The normalized spacial score (nSPS) is 14.2. The smallest absolute Gasteiger partial charge is 0.417 e. The number of ether oxygens (including phenoxy) is 1. The number of hydrogen-bond acceptors (Lipinski definition) is 5. The van der Waals surface area contributed by atoms with Gasteiger partial charge in [0.25, 0.3) is 0 Å². The maximum atomic E-state index is 13.9. The number of nitrogens with zero attached hydrogens (tertiary/aromatic N) is 2. The molecular formula is C21H23F3N4O2. The van der Waals surface area contributed by atoms with Crippen LogP contribution in [0.3, 0.4) is 0 Å². The molecule has 1 aliphatic heterocycles. The monoisotopic (exact) mass is 420 g/mol. The predicted octanol–water partition coefficient (Wildman–Crippen LogP) is 4.70. The molecule has 160 valence electrons. The van der Waals surface area contributed by atoms with Crippen LogP contribution in [-0.4, -0.2) is 27.3 Å². The van der Waals surface area contributed by atoms with E-state index in [1.165, 1.54) is 0 Å². The van der Waals surface area contributed by atoms with Crippen LogP contribution in [0, 0.1) is 6.92 Å². The van der Waals surface area contributed by atoms with Crippen LogP contribution in [0.1, 0.15) is 30.8 Å². The highest BCUT2D eigenvalue weighted by Gasteiger charge is 2.36. The maximum Gasteiger partial charge on any atom is 0.417 e. The minimum atomic E-state index is -4.62. The highest BCUT2D eigenvalue weighted by Crippen LogP contribution is 2.44. The molecule has 0 spiro atoms. The summed E-state index contributed by atoms with van der Waals surface area (Å²) in [4.78, 5) is 4.36. The summed E-state index contributed by atoms with van der Waals surface area (Å²) in [7, 11) is 0. The summed E-state index contributed by atoms with van der Waals surface area (Å²) < 4.78 is 48.9. The lowest BCUT2D eigenvalue weighted by Gasteiger charge is -2.17. The number of aromatic hydroxyl groups is 1. The molecule has 1 aliphatic rings. The number of hydrogen-bond donors (Lipinski definition) is 3. The van der Waals surface area contributed by atoms with Crippen LogP contribution < -0.4 is 15.4 Å². The summed E-state index contributed by atoms with van der Waals surface area (Å²) in [5.74, 6) is -0.0247. The Labute approximate surface area is 171 Å². The topological polar surface area (TPSA) is 71.3 Å². The molecule has 30 heavy (non-hydrogen) atoms. The average Bonchev–Trinajstić information content (AvgIpc) is 2.95. The number of aromatic nitrogens is 2. The second-order valence-corrected chi connectivity index (χ2v) is 7.64. The van der Waals surface area contributed by atoms with E-state index < -0.39 is 11.7 Å².